The minimum atomic E-state index is -0.727. The molecule has 0 aromatic heterocycles. The third-order valence-corrected chi connectivity index (χ3v) is 5.92. The Kier molecular flexibility index (Phi) is 5.74. The van der Waals surface area contributed by atoms with E-state index in [0.717, 1.165) is 49.9 Å². The molecule has 2 aliphatic rings. The van der Waals surface area contributed by atoms with Gasteiger partial charge in [0.05, 0.1) is 10.6 Å². The van der Waals surface area contributed by atoms with Crippen LogP contribution in [-0.2, 0) is 6.54 Å². The minimum absolute atomic E-state index is 0.0271. The predicted molar refractivity (Wildman–Crippen MR) is 107 cm³/mol. The van der Waals surface area contributed by atoms with E-state index in [1.165, 1.54) is 18.2 Å². The lowest BCUT2D eigenvalue weighted by molar-refractivity contribution is 0.0963. The quantitative estimate of drug-likeness (QED) is 0.740. The van der Waals surface area contributed by atoms with Crippen LogP contribution < -0.4 is 10.5 Å². The Bertz CT molecular complexity index is 925. The number of carbonyl (C=O) groups is 1. The van der Waals surface area contributed by atoms with Crippen LogP contribution in [0.15, 0.2) is 30.3 Å². The second-order valence-corrected chi connectivity index (χ2v) is 8.25. The maximum absolute atomic E-state index is 14.3. The van der Waals surface area contributed by atoms with Crippen LogP contribution in [-0.4, -0.2) is 30.0 Å². The van der Waals surface area contributed by atoms with E-state index >= 15 is 0 Å². The van der Waals surface area contributed by atoms with Gasteiger partial charge in [-0.3, -0.25) is 9.69 Å². The zero-order valence-corrected chi connectivity index (χ0v) is 16.7. The van der Waals surface area contributed by atoms with Gasteiger partial charge in [0.25, 0.3) is 5.91 Å². The zero-order chi connectivity index (χ0) is 20.5. The van der Waals surface area contributed by atoms with E-state index < -0.39 is 17.5 Å². The first kappa shape index (κ1) is 20.1. The maximum Gasteiger partial charge on any atom is 0.251 e. The van der Waals surface area contributed by atoms with Crippen molar-refractivity contribution >= 4 is 17.5 Å². The van der Waals surface area contributed by atoms with Crippen LogP contribution in [0.3, 0.4) is 0 Å². The number of benzene rings is 2. The third kappa shape index (κ3) is 4.70. The molecule has 4 nitrogen and oxygen atoms in total. The Hall–Kier alpha value is -2.18. The van der Waals surface area contributed by atoms with Crippen molar-refractivity contribution in [3.63, 3.8) is 0 Å². The van der Waals surface area contributed by atoms with Crippen LogP contribution in [0.5, 0.6) is 5.75 Å². The van der Waals surface area contributed by atoms with Crippen molar-refractivity contribution in [2.24, 2.45) is 5.73 Å². The van der Waals surface area contributed by atoms with Gasteiger partial charge in [-0.1, -0.05) is 11.6 Å². The van der Waals surface area contributed by atoms with Gasteiger partial charge in [-0.15, -0.1) is 0 Å². The van der Waals surface area contributed by atoms with Crippen molar-refractivity contribution in [2.75, 3.05) is 13.1 Å². The molecule has 7 heteroatoms. The summed E-state index contributed by atoms with van der Waals surface area (Å²) in [6.07, 6.45) is 3.79. The van der Waals surface area contributed by atoms with Gasteiger partial charge in [-0.25, -0.2) is 8.78 Å². The number of likely N-dealkylation sites (tertiary alicyclic amines) is 1. The average Bonchev–Trinajstić information content (AvgIpc) is 3.51. The van der Waals surface area contributed by atoms with Gasteiger partial charge in [0.2, 0.25) is 0 Å². The summed E-state index contributed by atoms with van der Waals surface area (Å²) in [4.78, 5) is 13.7. The summed E-state index contributed by atoms with van der Waals surface area (Å²) < 4.78 is 33.5. The summed E-state index contributed by atoms with van der Waals surface area (Å²) in [5.74, 6) is -0.782. The largest absolute Gasteiger partial charge is 0.490 e. The number of amides is 1. The SMILES string of the molecule is NC(=O)c1cc(C2CC2)c(CN2CCC(Oc3ccc(F)c(Cl)c3)CC2)cc1F. The van der Waals surface area contributed by atoms with Crippen molar-refractivity contribution in [1.29, 1.82) is 0 Å². The maximum atomic E-state index is 14.3. The highest BCUT2D eigenvalue weighted by molar-refractivity contribution is 6.30. The molecule has 29 heavy (non-hydrogen) atoms. The molecule has 0 bridgehead atoms. The molecule has 1 aliphatic heterocycles. The molecule has 1 aliphatic carbocycles. The highest BCUT2D eigenvalue weighted by atomic mass is 35.5. The number of primary amides is 1. The second-order valence-electron chi connectivity index (χ2n) is 7.84. The first-order chi connectivity index (χ1) is 13.9. The first-order valence-electron chi connectivity index (χ1n) is 9.87. The second kappa shape index (κ2) is 8.28. The van der Waals surface area contributed by atoms with E-state index in [1.54, 1.807) is 12.1 Å². The summed E-state index contributed by atoms with van der Waals surface area (Å²) in [7, 11) is 0. The zero-order valence-electron chi connectivity index (χ0n) is 16.0. The fraction of sp³-hybridized carbons (Fsp3) is 0.409. The first-order valence-corrected chi connectivity index (χ1v) is 10.2. The van der Waals surface area contributed by atoms with Crippen molar-refractivity contribution in [1.82, 2.24) is 4.90 Å². The third-order valence-electron chi connectivity index (χ3n) is 5.63. The molecule has 2 aromatic carbocycles. The normalized spacial score (nSPS) is 18.0. The summed E-state index contributed by atoms with van der Waals surface area (Å²) in [6, 6.07) is 7.49. The molecule has 1 saturated carbocycles. The highest BCUT2D eigenvalue weighted by Gasteiger charge is 2.29. The van der Waals surface area contributed by atoms with Crippen LogP contribution in [0.2, 0.25) is 5.02 Å². The summed E-state index contributed by atoms with van der Waals surface area (Å²) >= 11 is 5.81. The molecule has 2 N–H and O–H groups in total. The molecular weight excluding hydrogens is 398 g/mol. The van der Waals surface area contributed by atoms with Gasteiger partial charge in [0.1, 0.15) is 23.5 Å². The van der Waals surface area contributed by atoms with Gasteiger partial charge in [0.15, 0.2) is 0 Å². The van der Waals surface area contributed by atoms with Crippen molar-refractivity contribution in [2.45, 2.75) is 44.2 Å². The Morgan fingerprint density at radius 3 is 2.45 bits per heavy atom. The molecule has 2 fully saturated rings. The van der Waals surface area contributed by atoms with Crippen molar-refractivity contribution < 1.29 is 18.3 Å². The van der Waals surface area contributed by atoms with E-state index in [0.29, 0.717) is 18.2 Å². The number of carbonyl (C=O) groups excluding carboxylic acids is 1. The molecule has 154 valence electrons. The minimum Gasteiger partial charge on any atom is -0.490 e. The number of ether oxygens (including phenoxy) is 1. The predicted octanol–water partition coefficient (Wildman–Crippen LogP) is 4.64. The van der Waals surface area contributed by atoms with Crippen molar-refractivity contribution in [3.05, 3.63) is 63.7 Å². The van der Waals surface area contributed by atoms with E-state index in [4.69, 9.17) is 22.1 Å². The lowest BCUT2D eigenvalue weighted by atomic mass is 9.97. The number of rotatable bonds is 6. The summed E-state index contributed by atoms with van der Waals surface area (Å²) in [5, 5.41) is 0.0500. The van der Waals surface area contributed by atoms with Crippen LogP contribution >= 0.6 is 11.6 Å². The van der Waals surface area contributed by atoms with Gasteiger partial charge in [-0.05, 0) is 67.0 Å². The van der Waals surface area contributed by atoms with Crippen LogP contribution in [0.1, 0.15) is 53.1 Å². The average molecular weight is 421 g/mol. The number of halogens is 3. The van der Waals surface area contributed by atoms with Gasteiger partial charge >= 0.3 is 0 Å². The standard InChI is InChI=1S/C22H23ClF2N2O2/c23-19-10-16(3-4-20(19)24)29-15-5-7-27(8-6-15)12-14-9-21(25)18(22(26)28)11-17(14)13-1-2-13/h3-4,9-11,13,15H,1-2,5-8,12H2,(H2,26,28). The summed E-state index contributed by atoms with van der Waals surface area (Å²) in [5.41, 5.74) is 7.25. The summed E-state index contributed by atoms with van der Waals surface area (Å²) in [6.45, 7) is 2.25. The number of nitrogens with zero attached hydrogens (tertiary/aromatic N) is 1. The van der Waals surface area contributed by atoms with Gasteiger partial charge in [-0.2, -0.15) is 0 Å². The fourth-order valence-corrected chi connectivity index (χ4v) is 4.07. The van der Waals surface area contributed by atoms with Gasteiger partial charge < -0.3 is 10.5 Å². The van der Waals surface area contributed by atoms with E-state index in [2.05, 4.69) is 4.90 Å². The molecule has 2 aromatic rings. The number of piperidine rings is 1. The smallest absolute Gasteiger partial charge is 0.251 e. The molecular formula is C22H23ClF2N2O2. The Morgan fingerprint density at radius 1 is 1.10 bits per heavy atom. The number of hydrogen-bond acceptors (Lipinski definition) is 3. The Morgan fingerprint density at radius 2 is 1.83 bits per heavy atom. The lowest BCUT2D eigenvalue weighted by Crippen LogP contribution is -2.38. The lowest BCUT2D eigenvalue weighted by Gasteiger charge is -2.32. The fourth-order valence-electron chi connectivity index (χ4n) is 3.90. The molecule has 0 spiro atoms. The molecule has 1 saturated heterocycles. The molecule has 1 heterocycles. The molecule has 4 rings (SSSR count). The van der Waals surface area contributed by atoms with Crippen LogP contribution in [0.4, 0.5) is 8.78 Å². The molecule has 1 amide bonds. The molecule has 0 atom stereocenters. The van der Waals surface area contributed by atoms with Gasteiger partial charge in [0, 0.05) is 25.7 Å². The molecule has 0 unspecified atom stereocenters. The highest BCUT2D eigenvalue weighted by Crippen LogP contribution is 2.42. The Labute approximate surface area is 173 Å². The monoisotopic (exact) mass is 420 g/mol. The van der Waals surface area contributed by atoms with E-state index in [-0.39, 0.29) is 16.7 Å². The van der Waals surface area contributed by atoms with Crippen LogP contribution in [0.25, 0.3) is 0 Å². The number of hydrogen-bond donors (Lipinski definition) is 1. The van der Waals surface area contributed by atoms with E-state index in [9.17, 15) is 13.6 Å². The molecule has 0 radical (unpaired) electrons. The van der Waals surface area contributed by atoms with Crippen molar-refractivity contribution in [3.8, 4) is 5.75 Å². The van der Waals surface area contributed by atoms with E-state index in [1.807, 2.05) is 0 Å². The Balaban J connectivity index is 1.39. The number of nitrogens with two attached hydrogens (primary N) is 1. The topological polar surface area (TPSA) is 55.6 Å². The van der Waals surface area contributed by atoms with Crippen LogP contribution in [0, 0.1) is 11.6 Å².